The summed E-state index contributed by atoms with van der Waals surface area (Å²) in [6.07, 6.45) is 1.76. The molecule has 1 aliphatic carbocycles. The third-order valence-corrected chi connectivity index (χ3v) is 7.25. The van der Waals surface area contributed by atoms with Gasteiger partial charge < -0.3 is 10.2 Å². The van der Waals surface area contributed by atoms with E-state index in [1.807, 2.05) is 13.8 Å². The minimum atomic E-state index is -4.37. The molecule has 3 aliphatic rings. The number of amides is 1. The molecule has 2 aliphatic heterocycles. The van der Waals surface area contributed by atoms with Gasteiger partial charge in [-0.2, -0.15) is 13.2 Å². The van der Waals surface area contributed by atoms with Crippen LogP contribution in [0.4, 0.5) is 18.9 Å². The van der Waals surface area contributed by atoms with Crippen LogP contribution in [0.5, 0.6) is 0 Å². The van der Waals surface area contributed by atoms with Gasteiger partial charge in [-0.1, -0.05) is 19.8 Å². The molecule has 0 unspecified atom stereocenters. The van der Waals surface area contributed by atoms with Crippen LogP contribution in [0.3, 0.4) is 0 Å². The Hall–Kier alpha value is -1.76. The first-order chi connectivity index (χ1) is 14.3. The molecule has 2 fully saturated rings. The summed E-state index contributed by atoms with van der Waals surface area (Å²) in [6, 6.07) is 4.69. The Bertz CT molecular complexity index is 775. The van der Waals surface area contributed by atoms with Crippen molar-refractivity contribution in [3.8, 4) is 0 Å². The van der Waals surface area contributed by atoms with E-state index >= 15 is 0 Å². The van der Waals surface area contributed by atoms with Crippen LogP contribution in [0.15, 0.2) is 18.2 Å². The number of benzene rings is 1. The van der Waals surface area contributed by atoms with Crippen LogP contribution < -0.4 is 10.2 Å². The van der Waals surface area contributed by atoms with Gasteiger partial charge in [-0.15, -0.1) is 0 Å². The number of alkyl halides is 3. The number of piperazine rings is 1. The summed E-state index contributed by atoms with van der Waals surface area (Å²) >= 11 is 0. The van der Waals surface area contributed by atoms with E-state index in [9.17, 15) is 18.0 Å². The highest BCUT2D eigenvalue weighted by Crippen LogP contribution is 2.40. The van der Waals surface area contributed by atoms with Crippen molar-refractivity contribution in [2.24, 2.45) is 5.92 Å². The summed E-state index contributed by atoms with van der Waals surface area (Å²) in [4.78, 5) is 17.9. The van der Waals surface area contributed by atoms with Gasteiger partial charge >= 0.3 is 6.18 Å². The highest BCUT2D eigenvalue weighted by atomic mass is 19.4. The quantitative estimate of drug-likeness (QED) is 0.788. The average Bonchev–Trinajstić information content (AvgIpc) is 3.26. The van der Waals surface area contributed by atoms with E-state index in [1.54, 1.807) is 6.07 Å². The minimum Gasteiger partial charge on any atom is -0.365 e. The van der Waals surface area contributed by atoms with E-state index in [2.05, 4.69) is 15.1 Å². The Kier molecular flexibility index (Phi) is 6.02. The number of halogens is 3. The molecule has 166 valence electrons. The van der Waals surface area contributed by atoms with E-state index in [4.69, 9.17) is 0 Å². The van der Waals surface area contributed by atoms with Crippen molar-refractivity contribution in [2.75, 3.05) is 24.5 Å². The third kappa shape index (κ3) is 4.18. The third-order valence-electron chi connectivity index (χ3n) is 7.25. The van der Waals surface area contributed by atoms with Gasteiger partial charge in [-0.25, -0.2) is 0 Å². The first-order valence-corrected chi connectivity index (χ1v) is 11.3. The maximum atomic E-state index is 13.3. The van der Waals surface area contributed by atoms with Crippen molar-refractivity contribution in [1.29, 1.82) is 0 Å². The first-order valence-electron chi connectivity index (χ1n) is 11.3. The number of carbonyl (C=O) groups excluding carboxylic acids is 1. The van der Waals surface area contributed by atoms with E-state index < -0.39 is 11.7 Å². The fourth-order valence-corrected chi connectivity index (χ4v) is 5.37. The summed E-state index contributed by atoms with van der Waals surface area (Å²) in [5, 5.41) is 3.09. The molecule has 1 amide bonds. The van der Waals surface area contributed by atoms with Crippen molar-refractivity contribution < 1.29 is 18.0 Å². The van der Waals surface area contributed by atoms with Crippen LogP contribution >= 0.6 is 0 Å². The Morgan fingerprint density at radius 2 is 1.97 bits per heavy atom. The number of anilines is 1. The van der Waals surface area contributed by atoms with Crippen LogP contribution in [-0.2, 0) is 17.4 Å². The highest BCUT2D eigenvalue weighted by Gasteiger charge is 2.44. The molecule has 30 heavy (non-hydrogen) atoms. The summed E-state index contributed by atoms with van der Waals surface area (Å²) < 4.78 is 39.9. The lowest BCUT2D eigenvalue weighted by Gasteiger charge is -2.50. The van der Waals surface area contributed by atoms with E-state index in [-0.39, 0.29) is 23.9 Å². The number of carbonyl (C=O) groups is 1. The Morgan fingerprint density at radius 1 is 1.23 bits per heavy atom. The SMILES string of the molecule is CC[C@H](C)NC(=O)[C@H]1Cc2cc(C(F)(F)F)ccc2N2CCN(C3CCCC3)C[C@H]12. The number of nitrogens with zero attached hydrogens (tertiary/aromatic N) is 2. The monoisotopic (exact) mass is 423 g/mol. The van der Waals surface area contributed by atoms with Gasteiger partial charge in [0, 0.05) is 37.4 Å². The Labute approximate surface area is 176 Å². The smallest absolute Gasteiger partial charge is 0.365 e. The number of hydrogen-bond acceptors (Lipinski definition) is 3. The average molecular weight is 424 g/mol. The van der Waals surface area contributed by atoms with Crippen LogP contribution in [0.1, 0.15) is 57.1 Å². The van der Waals surface area contributed by atoms with Crippen molar-refractivity contribution in [3.63, 3.8) is 0 Å². The highest BCUT2D eigenvalue weighted by molar-refractivity contribution is 5.82. The second-order valence-electron chi connectivity index (χ2n) is 9.16. The van der Waals surface area contributed by atoms with Gasteiger partial charge in [0.15, 0.2) is 0 Å². The van der Waals surface area contributed by atoms with Crippen molar-refractivity contribution >= 4 is 11.6 Å². The summed E-state index contributed by atoms with van der Waals surface area (Å²) in [5.41, 5.74) is 0.872. The van der Waals surface area contributed by atoms with Crippen LogP contribution in [-0.4, -0.2) is 48.6 Å². The Balaban J connectivity index is 1.64. The normalized spacial score (nSPS) is 26.2. The minimum absolute atomic E-state index is 0.00708. The fourth-order valence-electron chi connectivity index (χ4n) is 5.37. The molecule has 2 heterocycles. The number of hydrogen-bond donors (Lipinski definition) is 1. The van der Waals surface area contributed by atoms with Crippen molar-refractivity contribution in [3.05, 3.63) is 29.3 Å². The lowest BCUT2D eigenvalue weighted by atomic mass is 9.82. The predicted molar refractivity (Wildman–Crippen MR) is 111 cm³/mol. The van der Waals surface area contributed by atoms with E-state index in [1.165, 1.54) is 37.8 Å². The molecule has 4 rings (SSSR count). The lowest BCUT2D eigenvalue weighted by Crippen LogP contribution is -2.62. The predicted octanol–water partition coefficient (Wildman–Crippen LogP) is 4.23. The van der Waals surface area contributed by atoms with Gasteiger partial charge in [0.2, 0.25) is 5.91 Å². The summed E-state index contributed by atoms with van der Waals surface area (Å²) in [7, 11) is 0. The molecular formula is C23H32F3N3O. The molecular weight excluding hydrogens is 391 g/mol. The van der Waals surface area contributed by atoms with Crippen molar-refractivity contribution in [1.82, 2.24) is 10.2 Å². The molecule has 1 aromatic carbocycles. The maximum absolute atomic E-state index is 13.3. The summed E-state index contributed by atoms with van der Waals surface area (Å²) in [6.45, 7) is 6.46. The Morgan fingerprint density at radius 3 is 2.63 bits per heavy atom. The standard InChI is InChI=1S/C23H32F3N3O/c1-3-15(2)27-22(30)19-13-16-12-17(23(24,25)26)8-9-20(16)29-11-10-28(14-21(19)29)18-6-4-5-7-18/h8-9,12,15,18-19,21H,3-7,10-11,13-14H2,1-2H3,(H,27,30)/t15-,19-,21+/m0/s1. The molecule has 7 heteroatoms. The van der Waals surface area contributed by atoms with Crippen LogP contribution in [0.2, 0.25) is 0 Å². The molecule has 0 spiro atoms. The fraction of sp³-hybridized carbons (Fsp3) is 0.696. The molecule has 0 aromatic heterocycles. The largest absolute Gasteiger partial charge is 0.416 e. The molecule has 1 aromatic rings. The number of fused-ring (bicyclic) bond motifs is 3. The van der Waals surface area contributed by atoms with Gasteiger partial charge in [0.05, 0.1) is 17.5 Å². The molecule has 0 bridgehead atoms. The molecule has 1 saturated heterocycles. The zero-order chi connectivity index (χ0) is 21.5. The van der Waals surface area contributed by atoms with Gasteiger partial charge in [-0.3, -0.25) is 9.69 Å². The molecule has 1 N–H and O–H groups in total. The van der Waals surface area contributed by atoms with Gasteiger partial charge in [-0.05, 0) is 56.4 Å². The number of nitrogens with one attached hydrogen (secondary N) is 1. The van der Waals surface area contributed by atoms with E-state index in [0.717, 1.165) is 31.7 Å². The molecule has 1 saturated carbocycles. The van der Waals surface area contributed by atoms with Crippen LogP contribution in [0, 0.1) is 5.92 Å². The second kappa shape index (κ2) is 8.40. The molecule has 3 atom stereocenters. The van der Waals surface area contributed by atoms with E-state index in [0.29, 0.717) is 18.0 Å². The molecule has 0 radical (unpaired) electrons. The lowest BCUT2D eigenvalue weighted by molar-refractivity contribution is -0.137. The molecule has 4 nitrogen and oxygen atoms in total. The van der Waals surface area contributed by atoms with Crippen LogP contribution in [0.25, 0.3) is 0 Å². The van der Waals surface area contributed by atoms with Gasteiger partial charge in [0.1, 0.15) is 0 Å². The topological polar surface area (TPSA) is 35.6 Å². The van der Waals surface area contributed by atoms with Gasteiger partial charge in [0.25, 0.3) is 0 Å². The first kappa shape index (κ1) is 21.5. The van der Waals surface area contributed by atoms with Crippen molar-refractivity contribution in [2.45, 2.75) is 76.7 Å². The second-order valence-corrected chi connectivity index (χ2v) is 9.16. The zero-order valence-corrected chi connectivity index (χ0v) is 17.8. The zero-order valence-electron chi connectivity index (χ0n) is 17.8. The maximum Gasteiger partial charge on any atom is 0.416 e. The summed E-state index contributed by atoms with van der Waals surface area (Å²) in [5.74, 6) is -0.366. The number of rotatable bonds is 4.